The smallest absolute Gasteiger partial charge is 0.410 e. The number of amides is 2. The van der Waals surface area contributed by atoms with E-state index in [1.165, 1.54) is 9.80 Å². The van der Waals surface area contributed by atoms with Gasteiger partial charge in [0.15, 0.2) is 0 Å². The van der Waals surface area contributed by atoms with Crippen LogP contribution in [0.15, 0.2) is 60.7 Å². The molecule has 10 nitrogen and oxygen atoms in total. The Kier molecular flexibility index (Phi) is 10.2. The molecule has 228 valence electrons. The third kappa shape index (κ3) is 8.47. The minimum absolute atomic E-state index is 0.394. The fourth-order valence-corrected chi connectivity index (χ4v) is 5.28. The third-order valence-electron chi connectivity index (χ3n) is 6.97. The fraction of sp³-hybridized carbons (Fsp3) is 0.500. The Morgan fingerprint density at radius 2 is 0.929 bits per heavy atom. The van der Waals surface area contributed by atoms with E-state index in [1.54, 1.807) is 41.5 Å². The maximum atomic E-state index is 12.3. The molecule has 0 aromatic heterocycles. The maximum Gasteiger partial charge on any atom is 0.410 e. The molecule has 0 spiro atoms. The van der Waals surface area contributed by atoms with Crippen molar-refractivity contribution in [1.82, 2.24) is 9.80 Å². The van der Waals surface area contributed by atoms with Crippen LogP contribution in [0.4, 0.5) is 9.59 Å². The molecular formula is C32H42N2O8. The van der Waals surface area contributed by atoms with Crippen molar-refractivity contribution in [2.24, 2.45) is 11.8 Å². The van der Waals surface area contributed by atoms with Crippen LogP contribution >= 0.6 is 0 Å². The highest BCUT2D eigenvalue weighted by molar-refractivity contribution is 5.76. The normalized spacial score (nSPS) is 22.1. The van der Waals surface area contributed by atoms with E-state index in [0.29, 0.717) is 25.9 Å². The highest BCUT2D eigenvalue weighted by Crippen LogP contribution is 2.39. The van der Waals surface area contributed by atoms with Crippen molar-refractivity contribution in [3.05, 3.63) is 71.8 Å². The van der Waals surface area contributed by atoms with Crippen molar-refractivity contribution < 1.29 is 38.9 Å². The predicted molar refractivity (Wildman–Crippen MR) is 156 cm³/mol. The maximum absolute atomic E-state index is 12.3. The molecule has 10 heteroatoms. The highest BCUT2D eigenvalue weighted by atomic mass is 16.6. The fourth-order valence-electron chi connectivity index (χ4n) is 5.28. The van der Waals surface area contributed by atoms with Crippen molar-refractivity contribution in [2.75, 3.05) is 13.1 Å². The van der Waals surface area contributed by atoms with Gasteiger partial charge in [0.05, 0.1) is 23.9 Å². The zero-order valence-electron chi connectivity index (χ0n) is 25.1. The van der Waals surface area contributed by atoms with Gasteiger partial charge in [-0.3, -0.25) is 9.59 Å². The molecule has 2 saturated heterocycles. The van der Waals surface area contributed by atoms with E-state index in [9.17, 15) is 29.4 Å². The number of hydrogen-bond acceptors (Lipinski definition) is 6. The van der Waals surface area contributed by atoms with Gasteiger partial charge in [-0.05, 0) is 65.5 Å². The molecule has 2 heterocycles. The molecule has 0 unspecified atom stereocenters. The van der Waals surface area contributed by atoms with Crippen molar-refractivity contribution in [2.45, 2.75) is 77.7 Å². The van der Waals surface area contributed by atoms with Crippen LogP contribution in [0.3, 0.4) is 0 Å². The van der Waals surface area contributed by atoms with Crippen molar-refractivity contribution >= 4 is 24.1 Å². The number of carbonyl (C=O) groups excluding carboxylic acids is 2. The Morgan fingerprint density at radius 1 is 0.619 bits per heavy atom. The Hall–Kier alpha value is -4.08. The van der Waals surface area contributed by atoms with E-state index < -0.39 is 59.2 Å². The first-order valence-electron chi connectivity index (χ1n) is 14.1. The summed E-state index contributed by atoms with van der Waals surface area (Å²) in [5, 5.41) is 18.8. The Bertz CT molecular complexity index is 1140. The molecule has 2 aliphatic heterocycles. The molecule has 0 radical (unpaired) electrons. The van der Waals surface area contributed by atoms with E-state index in [1.807, 2.05) is 60.7 Å². The van der Waals surface area contributed by atoms with Gasteiger partial charge in [-0.25, -0.2) is 9.59 Å². The van der Waals surface area contributed by atoms with Gasteiger partial charge in [-0.2, -0.15) is 0 Å². The Morgan fingerprint density at radius 3 is 1.19 bits per heavy atom. The molecule has 4 rings (SSSR count). The first-order chi connectivity index (χ1) is 19.6. The number of carboxylic acids is 2. The SMILES string of the molecule is CC(C)(C)OC(=O)N1CC[C@@H](C(=O)O)[C@H]1c1ccccc1.CC(C)(C)OC(=O)N1CC[C@H](C(=O)O)[C@@H]1c1ccccc1. The van der Waals surface area contributed by atoms with Crippen LogP contribution in [0.2, 0.25) is 0 Å². The summed E-state index contributed by atoms with van der Waals surface area (Å²) >= 11 is 0. The largest absolute Gasteiger partial charge is 0.481 e. The number of carbonyl (C=O) groups is 4. The average molecular weight is 583 g/mol. The summed E-state index contributed by atoms with van der Waals surface area (Å²) in [5.41, 5.74) is 0.459. The van der Waals surface area contributed by atoms with Gasteiger partial charge < -0.3 is 29.5 Å². The summed E-state index contributed by atoms with van der Waals surface area (Å²) in [5.74, 6) is -2.95. The standard InChI is InChI=1S/2C16H21NO4/c2*1-16(2,3)21-15(20)17-10-9-12(14(18)19)13(17)11-7-5-4-6-8-11/h2*4-8,12-13H,9-10H2,1-3H3,(H,18,19)/t2*12-,13-/m10/s1. The zero-order valence-corrected chi connectivity index (χ0v) is 25.1. The van der Waals surface area contributed by atoms with Crippen LogP contribution in [0, 0.1) is 11.8 Å². The molecule has 0 aliphatic carbocycles. The lowest BCUT2D eigenvalue weighted by molar-refractivity contribution is -0.143. The van der Waals surface area contributed by atoms with Crippen molar-refractivity contribution in [3.63, 3.8) is 0 Å². The highest BCUT2D eigenvalue weighted by Gasteiger charge is 2.44. The molecule has 2 aromatic rings. The quantitative estimate of drug-likeness (QED) is 0.439. The minimum atomic E-state index is -0.880. The Labute approximate surface area is 247 Å². The molecule has 2 aromatic carbocycles. The van der Waals surface area contributed by atoms with Gasteiger partial charge in [-0.15, -0.1) is 0 Å². The molecule has 0 saturated carbocycles. The lowest BCUT2D eigenvalue weighted by Crippen LogP contribution is -2.38. The monoisotopic (exact) mass is 582 g/mol. The molecule has 2 N–H and O–H groups in total. The van der Waals surface area contributed by atoms with Crippen molar-refractivity contribution in [3.8, 4) is 0 Å². The van der Waals surface area contributed by atoms with Crippen LogP contribution in [0.25, 0.3) is 0 Å². The number of benzene rings is 2. The Balaban J connectivity index is 0.000000230. The molecule has 42 heavy (non-hydrogen) atoms. The second kappa shape index (κ2) is 13.3. The summed E-state index contributed by atoms with van der Waals surface area (Å²) in [6.45, 7) is 11.6. The molecular weight excluding hydrogens is 540 g/mol. The van der Waals surface area contributed by atoms with Gasteiger partial charge in [-0.1, -0.05) is 60.7 Å². The predicted octanol–water partition coefficient (Wildman–Crippen LogP) is 6.14. The first-order valence-corrected chi connectivity index (χ1v) is 14.1. The van der Waals surface area contributed by atoms with Gasteiger partial charge in [0.2, 0.25) is 0 Å². The molecule has 2 fully saturated rings. The number of nitrogens with zero attached hydrogens (tertiary/aromatic N) is 2. The van der Waals surface area contributed by atoms with Gasteiger partial charge >= 0.3 is 24.1 Å². The number of aliphatic carboxylic acids is 2. The summed E-state index contributed by atoms with van der Waals surface area (Å²) < 4.78 is 10.8. The second-order valence-electron chi connectivity index (χ2n) is 12.5. The molecule has 4 atom stereocenters. The van der Waals surface area contributed by atoms with Crippen molar-refractivity contribution in [1.29, 1.82) is 0 Å². The summed E-state index contributed by atoms with van der Waals surface area (Å²) in [7, 11) is 0. The number of rotatable bonds is 4. The first kappa shape index (κ1) is 32.4. The number of ether oxygens (including phenoxy) is 2. The van der Waals surface area contributed by atoms with Crippen LogP contribution in [0.1, 0.15) is 77.6 Å². The minimum Gasteiger partial charge on any atom is -0.481 e. The van der Waals surface area contributed by atoms with Gasteiger partial charge in [0.1, 0.15) is 11.2 Å². The number of carboxylic acid groups (broad SMARTS) is 2. The summed E-state index contributed by atoms with van der Waals surface area (Å²) in [6, 6.07) is 17.6. The average Bonchev–Trinajstić information content (AvgIpc) is 3.54. The van der Waals surface area contributed by atoms with E-state index in [-0.39, 0.29) is 0 Å². The summed E-state index contributed by atoms with van der Waals surface area (Å²) in [6.07, 6.45) is -0.0392. The van der Waals surface area contributed by atoms with E-state index in [4.69, 9.17) is 9.47 Å². The third-order valence-corrected chi connectivity index (χ3v) is 6.97. The zero-order chi connectivity index (χ0) is 31.2. The van der Waals surface area contributed by atoms with Gasteiger partial charge in [0, 0.05) is 13.1 Å². The lowest BCUT2D eigenvalue weighted by Gasteiger charge is -2.30. The van der Waals surface area contributed by atoms with Crippen LogP contribution in [0.5, 0.6) is 0 Å². The molecule has 2 amide bonds. The van der Waals surface area contributed by atoms with Crippen LogP contribution in [-0.2, 0) is 19.1 Å². The molecule has 0 bridgehead atoms. The number of hydrogen-bond donors (Lipinski definition) is 2. The van der Waals surface area contributed by atoms with E-state index in [2.05, 4.69) is 0 Å². The molecule has 2 aliphatic rings. The van der Waals surface area contributed by atoms with Gasteiger partial charge in [0.25, 0.3) is 0 Å². The second-order valence-corrected chi connectivity index (χ2v) is 12.5. The number of likely N-dealkylation sites (tertiary alicyclic amines) is 2. The van der Waals surface area contributed by atoms with Crippen LogP contribution in [-0.4, -0.2) is 68.4 Å². The van der Waals surface area contributed by atoms with Crippen LogP contribution < -0.4 is 0 Å². The lowest BCUT2D eigenvalue weighted by atomic mass is 9.94. The van der Waals surface area contributed by atoms with E-state index in [0.717, 1.165) is 11.1 Å². The van der Waals surface area contributed by atoms with E-state index >= 15 is 0 Å². The topological polar surface area (TPSA) is 134 Å². The summed E-state index contributed by atoms with van der Waals surface area (Å²) in [4.78, 5) is 50.6.